The Morgan fingerprint density at radius 3 is 2.72 bits per heavy atom. The fourth-order valence-electron chi connectivity index (χ4n) is 4.15. The number of nitrogens with zero attached hydrogens (tertiary/aromatic N) is 5. The predicted octanol–water partition coefficient (Wildman–Crippen LogP) is 2.50. The summed E-state index contributed by atoms with van der Waals surface area (Å²) >= 11 is 0. The SMILES string of the molecule is N#Cc1cnn2cc(NCC(F)F)cc(-c3ccc(N4CC5CC(C4)N5)nc3)c12. The van der Waals surface area contributed by atoms with Crippen LogP contribution in [0, 0.1) is 11.3 Å². The summed E-state index contributed by atoms with van der Waals surface area (Å²) in [4.78, 5) is 6.90. The Kier molecular flexibility index (Phi) is 4.28. The normalized spacial score (nSPS) is 20.6. The maximum absolute atomic E-state index is 12.6. The molecule has 0 amide bonds. The summed E-state index contributed by atoms with van der Waals surface area (Å²) in [5.74, 6) is 0.918. The van der Waals surface area contributed by atoms with Gasteiger partial charge in [-0.1, -0.05) is 0 Å². The Morgan fingerprint density at radius 1 is 1.28 bits per heavy atom. The molecule has 3 aliphatic rings. The van der Waals surface area contributed by atoms with Crippen molar-refractivity contribution in [2.45, 2.75) is 24.9 Å². The van der Waals surface area contributed by atoms with Crippen LogP contribution in [0.1, 0.15) is 12.0 Å². The number of alkyl halides is 2. The lowest BCUT2D eigenvalue weighted by Gasteiger charge is -2.48. The van der Waals surface area contributed by atoms with Gasteiger partial charge in [-0.3, -0.25) is 0 Å². The van der Waals surface area contributed by atoms with Crippen molar-refractivity contribution in [3.8, 4) is 17.2 Å². The lowest BCUT2D eigenvalue weighted by Crippen LogP contribution is -2.67. The third kappa shape index (κ3) is 3.25. The summed E-state index contributed by atoms with van der Waals surface area (Å²) in [6.07, 6.45) is 3.61. The van der Waals surface area contributed by atoms with Crippen molar-refractivity contribution in [1.29, 1.82) is 5.26 Å². The average molecular weight is 395 g/mol. The highest BCUT2D eigenvalue weighted by Crippen LogP contribution is 2.31. The Hall–Kier alpha value is -3.25. The van der Waals surface area contributed by atoms with E-state index in [0.29, 0.717) is 28.9 Å². The molecule has 3 aromatic heterocycles. The lowest BCUT2D eigenvalue weighted by molar-refractivity contribution is 0.163. The zero-order valence-corrected chi connectivity index (χ0v) is 15.5. The molecule has 2 unspecified atom stereocenters. The minimum atomic E-state index is -2.47. The molecule has 2 bridgehead atoms. The summed E-state index contributed by atoms with van der Waals surface area (Å²) < 4.78 is 26.8. The van der Waals surface area contributed by atoms with E-state index in [1.54, 1.807) is 23.0 Å². The molecule has 3 aliphatic heterocycles. The van der Waals surface area contributed by atoms with Gasteiger partial charge in [0.15, 0.2) is 0 Å². The van der Waals surface area contributed by atoms with Crippen LogP contribution in [0.3, 0.4) is 0 Å². The van der Waals surface area contributed by atoms with Gasteiger partial charge in [-0.2, -0.15) is 10.4 Å². The van der Waals surface area contributed by atoms with E-state index in [2.05, 4.69) is 31.7 Å². The highest BCUT2D eigenvalue weighted by molar-refractivity contribution is 5.86. The number of piperidine rings is 1. The second-order valence-electron chi connectivity index (χ2n) is 7.48. The number of hydrogen-bond donors (Lipinski definition) is 2. The fraction of sp³-hybridized carbons (Fsp3) is 0.350. The lowest BCUT2D eigenvalue weighted by atomic mass is 9.91. The molecule has 3 saturated heterocycles. The second kappa shape index (κ2) is 6.97. The summed E-state index contributed by atoms with van der Waals surface area (Å²) in [5.41, 5.74) is 3.09. The second-order valence-corrected chi connectivity index (χ2v) is 7.48. The van der Waals surface area contributed by atoms with Gasteiger partial charge in [-0.25, -0.2) is 18.3 Å². The quantitative estimate of drug-likeness (QED) is 0.691. The molecule has 2 atom stereocenters. The predicted molar refractivity (Wildman–Crippen MR) is 105 cm³/mol. The third-order valence-corrected chi connectivity index (χ3v) is 5.50. The van der Waals surface area contributed by atoms with Crippen molar-refractivity contribution in [1.82, 2.24) is 19.9 Å². The standard InChI is InChI=1S/C20H19F2N7/c21-18(22)8-24-14-4-17(20-13(5-23)7-26-29(20)11-14)12-1-2-19(25-6-12)28-9-15-3-16(10-28)27-15/h1-2,4,6-7,11,15-16,18,24,27H,3,8-10H2. The summed E-state index contributed by atoms with van der Waals surface area (Å²) in [6, 6.07) is 8.91. The van der Waals surface area contributed by atoms with Crippen LogP contribution in [0.5, 0.6) is 0 Å². The Bertz CT molecular complexity index is 1070. The molecule has 148 valence electrons. The third-order valence-electron chi connectivity index (χ3n) is 5.50. The van der Waals surface area contributed by atoms with E-state index in [4.69, 9.17) is 0 Å². The van der Waals surface area contributed by atoms with E-state index in [9.17, 15) is 14.0 Å². The monoisotopic (exact) mass is 395 g/mol. The van der Waals surface area contributed by atoms with E-state index in [1.807, 2.05) is 12.1 Å². The molecule has 0 spiro atoms. The zero-order valence-electron chi connectivity index (χ0n) is 15.5. The van der Waals surface area contributed by atoms with Crippen LogP contribution in [0.15, 0.2) is 36.8 Å². The Morgan fingerprint density at radius 2 is 2.07 bits per heavy atom. The molecule has 9 heteroatoms. The largest absolute Gasteiger partial charge is 0.378 e. The smallest absolute Gasteiger partial charge is 0.255 e. The average Bonchev–Trinajstić information content (AvgIpc) is 3.14. The van der Waals surface area contributed by atoms with E-state index >= 15 is 0 Å². The number of halogens is 2. The van der Waals surface area contributed by atoms with Gasteiger partial charge in [0.2, 0.25) is 0 Å². The highest BCUT2D eigenvalue weighted by Gasteiger charge is 2.36. The maximum Gasteiger partial charge on any atom is 0.255 e. The van der Waals surface area contributed by atoms with E-state index < -0.39 is 13.0 Å². The molecule has 3 fully saturated rings. The van der Waals surface area contributed by atoms with Crippen LogP contribution in [0.2, 0.25) is 0 Å². The van der Waals surface area contributed by atoms with Crippen molar-refractivity contribution >= 4 is 17.0 Å². The first-order chi connectivity index (χ1) is 14.1. The minimum Gasteiger partial charge on any atom is -0.378 e. The Labute approximate surface area is 166 Å². The fourth-order valence-corrected chi connectivity index (χ4v) is 4.15. The van der Waals surface area contributed by atoms with Gasteiger partial charge in [0.05, 0.1) is 35.7 Å². The number of hydrogen-bond acceptors (Lipinski definition) is 6. The minimum absolute atomic E-state index is 0.423. The van der Waals surface area contributed by atoms with E-state index in [-0.39, 0.29) is 0 Å². The van der Waals surface area contributed by atoms with Crippen LogP contribution in [0.25, 0.3) is 16.6 Å². The number of pyridine rings is 2. The molecular formula is C20H19F2N7. The molecule has 29 heavy (non-hydrogen) atoms. The molecule has 0 aliphatic carbocycles. The molecule has 0 radical (unpaired) electrons. The first-order valence-corrected chi connectivity index (χ1v) is 9.51. The summed E-state index contributed by atoms with van der Waals surface area (Å²) in [7, 11) is 0. The van der Waals surface area contributed by atoms with Crippen LogP contribution in [-0.4, -0.2) is 52.7 Å². The van der Waals surface area contributed by atoms with Crippen molar-refractivity contribution in [3.05, 3.63) is 42.4 Å². The van der Waals surface area contributed by atoms with Crippen LogP contribution in [0.4, 0.5) is 20.3 Å². The van der Waals surface area contributed by atoms with Crippen molar-refractivity contribution in [3.63, 3.8) is 0 Å². The molecule has 3 aromatic rings. The van der Waals surface area contributed by atoms with Crippen LogP contribution < -0.4 is 15.5 Å². The highest BCUT2D eigenvalue weighted by atomic mass is 19.3. The van der Waals surface area contributed by atoms with Gasteiger partial charge in [0, 0.05) is 42.5 Å². The van der Waals surface area contributed by atoms with Crippen molar-refractivity contribution < 1.29 is 8.78 Å². The van der Waals surface area contributed by atoms with Gasteiger partial charge >= 0.3 is 0 Å². The van der Waals surface area contributed by atoms with Gasteiger partial charge in [0.1, 0.15) is 11.9 Å². The number of fused-ring (bicyclic) bond motifs is 3. The topological polar surface area (TPSA) is 81.3 Å². The number of piperazine rings is 1. The molecule has 0 saturated carbocycles. The molecule has 6 rings (SSSR count). The first-order valence-electron chi connectivity index (χ1n) is 9.51. The summed E-state index contributed by atoms with van der Waals surface area (Å²) in [6.45, 7) is 1.43. The zero-order chi connectivity index (χ0) is 20.0. The van der Waals surface area contributed by atoms with Crippen molar-refractivity contribution in [2.24, 2.45) is 0 Å². The number of aromatic nitrogens is 3. The summed E-state index contributed by atoms with van der Waals surface area (Å²) in [5, 5.41) is 19.9. The van der Waals surface area contributed by atoms with Gasteiger partial charge in [-0.05, 0) is 24.6 Å². The maximum atomic E-state index is 12.6. The number of nitrogens with one attached hydrogen (secondary N) is 2. The van der Waals surface area contributed by atoms with Crippen LogP contribution >= 0.6 is 0 Å². The number of nitriles is 1. The van der Waals surface area contributed by atoms with E-state index in [0.717, 1.165) is 30.0 Å². The first kappa shape index (κ1) is 17.8. The van der Waals surface area contributed by atoms with Gasteiger partial charge in [-0.15, -0.1) is 0 Å². The molecule has 0 aromatic carbocycles. The van der Waals surface area contributed by atoms with Gasteiger partial charge < -0.3 is 15.5 Å². The van der Waals surface area contributed by atoms with Crippen LogP contribution in [-0.2, 0) is 0 Å². The Balaban J connectivity index is 1.50. The molecule has 7 nitrogen and oxygen atoms in total. The number of rotatable bonds is 5. The van der Waals surface area contributed by atoms with E-state index in [1.165, 1.54) is 12.6 Å². The molecule has 2 N–H and O–H groups in total. The van der Waals surface area contributed by atoms with Crippen molar-refractivity contribution in [2.75, 3.05) is 29.9 Å². The molecule has 6 heterocycles. The molecular weight excluding hydrogens is 376 g/mol. The van der Waals surface area contributed by atoms with Gasteiger partial charge in [0.25, 0.3) is 6.43 Å². The number of anilines is 2.